The third-order valence-electron chi connectivity index (χ3n) is 6.06. The van der Waals surface area contributed by atoms with Crippen LogP contribution >= 0.6 is 11.6 Å². The highest BCUT2D eigenvalue weighted by Crippen LogP contribution is 2.38. The van der Waals surface area contributed by atoms with Gasteiger partial charge in [-0.15, -0.1) is 0 Å². The molecule has 7 nitrogen and oxygen atoms in total. The van der Waals surface area contributed by atoms with E-state index in [4.69, 9.17) is 22.1 Å². The van der Waals surface area contributed by atoms with Gasteiger partial charge in [-0.05, 0) is 48.4 Å². The molecule has 1 aromatic heterocycles. The van der Waals surface area contributed by atoms with Crippen LogP contribution in [0.1, 0.15) is 34.5 Å². The van der Waals surface area contributed by atoms with Gasteiger partial charge in [0.05, 0.1) is 11.6 Å². The number of anilines is 1. The number of hydrogen-bond donors (Lipinski definition) is 2. The number of primary amides is 1. The van der Waals surface area contributed by atoms with Gasteiger partial charge in [-0.2, -0.15) is 13.2 Å². The van der Waals surface area contributed by atoms with Crippen molar-refractivity contribution in [3.63, 3.8) is 0 Å². The number of ether oxygens (including phenoxy) is 1. The van der Waals surface area contributed by atoms with Crippen LogP contribution in [0.2, 0.25) is 5.02 Å². The summed E-state index contributed by atoms with van der Waals surface area (Å²) in [7, 11) is 0. The standard InChI is InChI=1S/C25H20ClF4N3O4/c1-12(24(36)32-16-5-2-13(3-6-16)23(31)35)33-10-15-11-37-19(25(28,29)30)8-14-4-7-18(26)22(27)21(14)17(15)9-20(33)34/h2-7,9-10,12,19H,8,11H2,1H3,(H2,31,35)(H,32,36)/t12-,19-/m0/s1. The average molecular weight is 538 g/mol. The number of aromatic nitrogens is 1. The fourth-order valence-electron chi connectivity index (χ4n) is 4.04. The summed E-state index contributed by atoms with van der Waals surface area (Å²) in [5, 5.41) is 2.28. The van der Waals surface area contributed by atoms with Crippen molar-refractivity contribution >= 4 is 29.1 Å². The smallest absolute Gasteiger partial charge is 0.366 e. The fourth-order valence-corrected chi connectivity index (χ4v) is 4.20. The van der Waals surface area contributed by atoms with Gasteiger partial charge in [0.15, 0.2) is 6.10 Å². The second kappa shape index (κ2) is 9.98. The van der Waals surface area contributed by atoms with Crippen molar-refractivity contribution in [1.29, 1.82) is 0 Å². The van der Waals surface area contributed by atoms with Crippen LogP contribution in [0, 0.1) is 5.82 Å². The number of halogens is 5. The summed E-state index contributed by atoms with van der Waals surface area (Å²) in [4.78, 5) is 37.0. The molecular formula is C25H20ClF4N3O4. The van der Waals surface area contributed by atoms with Crippen molar-refractivity contribution in [3.8, 4) is 11.1 Å². The van der Waals surface area contributed by atoms with Crippen molar-refractivity contribution in [1.82, 2.24) is 4.57 Å². The summed E-state index contributed by atoms with van der Waals surface area (Å²) in [6, 6.07) is 8.07. The van der Waals surface area contributed by atoms with Crippen LogP contribution in [0.15, 0.2) is 53.5 Å². The molecule has 0 saturated heterocycles. The number of nitrogens with one attached hydrogen (secondary N) is 1. The summed E-state index contributed by atoms with van der Waals surface area (Å²) in [6.07, 6.45) is -6.43. The van der Waals surface area contributed by atoms with E-state index in [-0.39, 0.29) is 32.8 Å². The van der Waals surface area contributed by atoms with Crippen LogP contribution in [0.25, 0.3) is 11.1 Å². The molecule has 0 unspecified atom stereocenters. The van der Waals surface area contributed by atoms with E-state index in [1.54, 1.807) is 0 Å². The predicted molar refractivity (Wildman–Crippen MR) is 128 cm³/mol. The van der Waals surface area contributed by atoms with Gasteiger partial charge in [0, 0.05) is 41.1 Å². The maximum Gasteiger partial charge on any atom is 0.414 e. The first-order valence-electron chi connectivity index (χ1n) is 11.0. The molecule has 2 amide bonds. The molecule has 3 N–H and O–H groups in total. The van der Waals surface area contributed by atoms with Crippen molar-refractivity contribution in [3.05, 3.63) is 86.5 Å². The Bertz CT molecular complexity index is 1440. The van der Waals surface area contributed by atoms with Crippen molar-refractivity contribution in [2.75, 3.05) is 5.32 Å². The van der Waals surface area contributed by atoms with Gasteiger partial charge in [-0.3, -0.25) is 14.4 Å². The van der Waals surface area contributed by atoms with E-state index in [1.165, 1.54) is 43.5 Å². The molecule has 0 saturated carbocycles. The van der Waals surface area contributed by atoms with Gasteiger partial charge < -0.3 is 20.4 Å². The Hall–Kier alpha value is -3.70. The van der Waals surface area contributed by atoms with Crippen LogP contribution in [0.5, 0.6) is 0 Å². The number of pyridine rings is 1. The molecule has 0 radical (unpaired) electrons. The lowest BCUT2D eigenvalue weighted by Gasteiger charge is -2.27. The largest absolute Gasteiger partial charge is 0.414 e. The van der Waals surface area contributed by atoms with Gasteiger partial charge in [0.25, 0.3) is 5.56 Å². The Morgan fingerprint density at radius 3 is 2.46 bits per heavy atom. The number of nitrogens with zero attached hydrogens (tertiary/aromatic N) is 1. The summed E-state index contributed by atoms with van der Waals surface area (Å²) >= 11 is 5.91. The van der Waals surface area contributed by atoms with Crippen LogP contribution in [0.3, 0.4) is 0 Å². The number of rotatable bonds is 4. The summed E-state index contributed by atoms with van der Waals surface area (Å²) in [5.41, 5.74) is 4.93. The average Bonchev–Trinajstić information content (AvgIpc) is 2.82. The first kappa shape index (κ1) is 26.4. The number of nitrogens with two attached hydrogens (primary N) is 1. The molecular weight excluding hydrogens is 518 g/mol. The highest BCUT2D eigenvalue weighted by atomic mass is 35.5. The van der Waals surface area contributed by atoms with E-state index in [1.807, 2.05) is 0 Å². The fraction of sp³-hybridized carbons (Fsp3) is 0.240. The molecule has 12 heteroatoms. The van der Waals surface area contributed by atoms with E-state index in [9.17, 15) is 27.6 Å². The minimum Gasteiger partial charge on any atom is -0.366 e. The van der Waals surface area contributed by atoms with Gasteiger partial charge in [0.1, 0.15) is 11.9 Å². The Labute approximate surface area is 212 Å². The summed E-state index contributed by atoms with van der Waals surface area (Å²) in [5.74, 6) is -2.22. The monoisotopic (exact) mass is 537 g/mol. The SMILES string of the molecule is C[C@@H](C(=O)Nc1ccc(C(N)=O)cc1)n1cc2c(cc1=O)-c1c(ccc(Cl)c1F)C[C@@H](C(F)(F)F)OC2. The lowest BCUT2D eigenvalue weighted by atomic mass is 9.91. The Balaban J connectivity index is 1.73. The number of amides is 2. The third kappa shape index (κ3) is 5.37. The van der Waals surface area contributed by atoms with Crippen molar-refractivity contribution < 1.29 is 31.9 Å². The van der Waals surface area contributed by atoms with E-state index < -0.39 is 54.5 Å². The normalized spacial score (nSPS) is 16.1. The number of benzene rings is 2. The lowest BCUT2D eigenvalue weighted by molar-refractivity contribution is -0.223. The zero-order valence-electron chi connectivity index (χ0n) is 19.2. The minimum atomic E-state index is -4.73. The molecule has 1 aliphatic heterocycles. The highest BCUT2D eigenvalue weighted by molar-refractivity contribution is 6.31. The number of carbonyl (C=O) groups excluding carboxylic acids is 2. The summed E-state index contributed by atoms with van der Waals surface area (Å²) < 4.78 is 62.0. The molecule has 0 fully saturated rings. The molecule has 2 heterocycles. The number of fused-ring (bicyclic) bond motifs is 3. The zero-order valence-corrected chi connectivity index (χ0v) is 20.0. The lowest BCUT2D eigenvalue weighted by Crippen LogP contribution is -2.36. The van der Waals surface area contributed by atoms with E-state index >= 15 is 4.39 Å². The van der Waals surface area contributed by atoms with Crippen LogP contribution in [0.4, 0.5) is 23.2 Å². The molecule has 4 rings (SSSR count). The van der Waals surface area contributed by atoms with Crippen LogP contribution in [-0.2, 0) is 22.6 Å². The third-order valence-corrected chi connectivity index (χ3v) is 6.35. The molecule has 1 aliphatic rings. The quantitative estimate of drug-likeness (QED) is 0.474. The first-order chi connectivity index (χ1) is 17.4. The number of alkyl halides is 3. The molecule has 194 valence electrons. The van der Waals surface area contributed by atoms with Gasteiger partial charge >= 0.3 is 6.18 Å². The molecule has 3 aromatic rings. The number of carbonyl (C=O) groups is 2. The highest BCUT2D eigenvalue weighted by Gasteiger charge is 2.42. The van der Waals surface area contributed by atoms with E-state index in [2.05, 4.69) is 5.32 Å². The van der Waals surface area contributed by atoms with Crippen molar-refractivity contribution in [2.24, 2.45) is 5.73 Å². The molecule has 0 aliphatic carbocycles. The second-order valence-corrected chi connectivity index (χ2v) is 8.91. The molecule has 37 heavy (non-hydrogen) atoms. The maximum absolute atomic E-state index is 15.1. The predicted octanol–water partition coefficient (Wildman–Crippen LogP) is 4.61. The van der Waals surface area contributed by atoms with Crippen molar-refractivity contribution in [2.45, 2.75) is 38.3 Å². The molecule has 0 bridgehead atoms. The minimum absolute atomic E-state index is 0.0208. The Morgan fingerprint density at radius 1 is 1.16 bits per heavy atom. The maximum atomic E-state index is 15.1. The topological polar surface area (TPSA) is 103 Å². The van der Waals surface area contributed by atoms with Gasteiger partial charge in [0.2, 0.25) is 11.8 Å². The Morgan fingerprint density at radius 2 is 1.84 bits per heavy atom. The van der Waals surface area contributed by atoms with E-state index in [0.29, 0.717) is 5.69 Å². The van der Waals surface area contributed by atoms with Gasteiger partial charge in [-0.25, -0.2) is 4.39 Å². The zero-order chi connectivity index (χ0) is 27.1. The molecule has 0 spiro atoms. The Kier molecular flexibility index (Phi) is 7.11. The van der Waals surface area contributed by atoms with Crippen LogP contribution in [-0.4, -0.2) is 28.7 Å². The number of hydrogen-bond acceptors (Lipinski definition) is 4. The van der Waals surface area contributed by atoms with Gasteiger partial charge in [-0.1, -0.05) is 17.7 Å². The van der Waals surface area contributed by atoms with Crippen LogP contribution < -0.4 is 16.6 Å². The second-order valence-electron chi connectivity index (χ2n) is 8.51. The molecule has 2 atom stereocenters. The van der Waals surface area contributed by atoms with E-state index in [0.717, 1.165) is 16.7 Å². The molecule has 2 aromatic carbocycles. The first-order valence-corrected chi connectivity index (χ1v) is 11.4. The summed E-state index contributed by atoms with van der Waals surface area (Å²) in [6.45, 7) is 0.822.